The number of nitrogens with one attached hydrogen (secondary N) is 1. The van der Waals surface area contributed by atoms with E-state index >= 15 is 0 Å². The summed E-state index contributed by atoms with van der Waals surface area (Å²) in [6, 6.07) is 8.36. The van der Waals surface area contributed by atoms with E-state index in [0.29, 0.717) is 43.1 Å². The molecule has 1 aromatic carbocycles. The second-order valence-electron chi connectivity index (χ2n) is 6.15. The smallest absolute Gasteiger partial charge is 0.272 e. The average molecular weight is 343 g/mol. The van der Waals surface area contributed by atoms with Crippen LogP contribution in [0.15, 0.2) is 36.7 Å². The summed E-state index contributed by atoms with van der Waals surface area (Å²) >= 11 is 0. The van der Waals surface area contributed by atoms with Gasteiger partial charge in [0.25, 0.3) is 5.91 Å². The van der Waals surface area contributed by atoms with Crippen LogP contribution in [-0.4, -0.2) is 65.4 Å². The maximum absolute atomic E-state index is 13.6. The van der Waals surface area contributed by atoms with E-state index in [9.17, 15) is 9.18 Å². The molecule has 7 heteroatoms. The molecule has 3 rings (SSSR count). The lowest BCUT2D eigenvalue weighted by molar-refractivity contribution is 0.0658. The first-order valence-electron chi connectivity index (χ1n) is 8.40. The molecule has 1 N–H and O–H groups in total. The van der Waals surface area contributed by atoms with E-state index < -0.39 is 0 Å². The van der Waals surface area contributed by atoms with Crippen LogP contribution in [0.2, 0.25) is 0 Å². The molecule has 0 unspecified atom stereocenters. The summed E-state index contributed by atoms with van der Waals surface area (Å²) in [4.78, 5) is 24.8. The molecule has 1 saturated heterocycles. The standard InChI is InChI=1S/C18H22FN5O/c1-23-8-10-24(11-9-23)18(25)16-12-17(22-13-21-16)20-7-6-14-4-2-3-5-15(14)19/h2-5,12-13H,6-11H2,1H3,(H,20,21,22). The van der Waals surface area contributed by atoms with Crippen molar-refractivity contribution in [2.45, 2.75) is 6.42 Å². The number of carbonyl (C=O) groups excluding carboxylic acids is 1. The number of likely N-dealkylation sites (N-methyl/N-ethyl adjacent to an activating group) is 1. The van der Waals surface area contributed by atoms with Crippen molar-refractivity contribution in [3.8, 4) is 0 Å². The first-order valence-corrected chi connectivity index (χ1v) is 8.40. The number of aromatic nitrogens is 2. The van der Waals surface area contributed by atoms with Crippen LogP contribution < -0.4 is 5.32 Å². The highest BCUT2D eigenvalue weighted by Gasteiger charge is 2.21. The molecule has 1 aliphatic rings. The lowest BCUT2D eigenvalue weighted by Crippen LogP contribution is -2.47. The van der Waals surface area contributed by atoms with Gasteiger partial charge in [-0.2, -0.15) is 0 Å². The predicted octanol–water partition coefficient (Wildman–Crippen LogP) is 1.66. The van der Waals surface area contributed by atoms with Crippen molar-refractivity contribution in [3.05, 3.63) is 53.7 Å². The van der Waals surface area contributed by atoms with Gasteiger partial charge in [0, 0.05) is 38.8 Å². The SMILES string of the molecule is CN1CCN(C(=O)c2cc(NCCc3ccccc3F)ncn2)CC1. The highest BCUT2D eigenvalue weighted by Crippen LogP contribution is 2.11. The predicted molar refractivity (Wildman–Crippen MR) is 94.0 cm³/mol. The number of anilines is 1. The van der Waals surface area contributed by atoms with Crippen LogP contribution in [-0.2, 0) is 6.42 Å². The number of benzene rings is 1. The van der Waals surface area contributed by atoms with Gasteiger partial charge in [-0.3, -0.25) is 4.79 Å². The van der Waals surface area contributed by atoms with Crippen molar-refractivity contribution in [2.24, 2.45) is 0 Å². The third-order valence-electron chi connectivity index (χ3n) is 4.33. The zero-order valence-electron chi connectivity index (χ0n) is 14.3. The molecule has 132 valence electrons. The minimum Gasteiger partial charge on any atom is -0.370 e. The Morgan fingerprint density at radius 2 is 1.96 bits per heavy atom. The molecular weight excluding hydrogens is 321 g/mol. The summed E-state index contributed by atoms with van der Waals surface area (Å²) in [6.07, 6.45) is 1.92. The molecular formula is C18H22FN5O. The summed E-state index contributed by atoms with van der Waals surface area (Å²) in [5.74, 6) is 0.286. The zero-order valence-corrected chi connectivity index (χ0v) is 14.3. The van der Waals surface area contributed by atoms with E-state index in [1.807, 2.05) is 18.0 Å². The van der Waals surface area contributed by atoms with Gasteiger partial charge in [0.05, 0.1) is 0 Å². The second kappa shape index (κ2) is 8.02. The summed E-state index contributed by atoms with van der Waals surface area (Å²) < 4.78 is 13.6. The first kappa shape index (κ1) is 17.3. The molecule has 6 nitrogen and oxygen atoms in total. The summed E-state index contributed by atoms with van der Waals surface area (Å²) in [5, 5.41) is 3.13. The van der Waals surface area contributed by atoms with Crippen LogP contribution in [0.3, 0.4) is 0 Å². The van der Waals surface area contributed by atoms with Crippen molar-refractivity contribution in [1.82, 2.24) is 19.8 Å². The fourth-order valence-electron chi connectivity index (χ4n) is 2.77. The fraction of sp³-hybridized carbons (Fsp3) is 0.389. The third kappa shape index (κ3) is 4.51. The largest absolute Gasteiger partial charge is 0.370 e. The Hall–Kier alpha value is -2.54. The lowest BCUT2D eigenvalue weighted by Gasteiger charge is -2.32. The van der Waals surface area contributed by atoms with E-state index in [0.717, 1.165) is 13.1 Å². The average Bonchev–Trinajstić information content (AvgIpc) is 2.64. The van der Waals surface area contributed by atoms with Gasteiger partial charge in [-0.15, -0.1) is 0 Å². The third-order valence-corrected chi connectivity index (χ3v) is 4.33. The van der Waals surface area contributed by atoms with Gasteiger partial charge in [-0.05, 0) is 25.1 Å². The minimum atomic E-state index is -0.210. The fourth-order valence-corrected chi connectivity index (χ4v) is 2.77. The zero-order chi connectivity index (χ0) is 17.6. The summed E-state index contributed by atoms with van der Waals surface area (Å²) in [6.45, 7) is 3.67. The van der Waals surface area contributed by atoms with E-state index in [1.165, 1.54) is 12.4 Å². The number of amides is 1. The van der Waals surface area contributed by atoms with Crippen molar-refractivity contribution in [1.29, 1.82) is 0 Å². The number of carbonyl (C=O) groups is 1. The molecule has 1 aliphatic heterocycles. The summed E-state index contributed by atoms with van der Waals surface area (Å²) in [7, 11) is 2.05. The molecule has 1 amide bonds. The lowest BCUT2D eigenvalue weighted by atomic mass is 10.1. The van der Waals surface area contributed by atoms with E-state index in [2.05, 4.69) is 20.2 Å². The number of nitrogens with zero attached hydrogens (tertiary/aromatic N) is 4. The molecule has 25 heavy (non-hydrogen) atoms. The summed E-state index contributed by atoms with van der Waals surface area (Å²) in [5.41, 5.74) is 1.03. The molecule has 0 saturated carbocycles. The Labute approximate surface area is 146 Å². The maximum Gasteiger partial charge on any atom is 0.272 e. The number of hydrogen-bond donors (Lipinski definition) is 1. The quantitative estimate of drug-likeness (QED) is 0.895. The molecule has 0 spiro atoms. The van der Waals surface area contributed by atoms with Crippen LogP contribution >= 0.6 is 0 Å². The number of piperazine rings is 1. The van der Waals surface area contributed by atoms with Crippen LogP contribution in [0.5, 0.6) is 0 Å². The van der Waals surface area contributed by atoms with Crippen molar-refractivity contribution in [2.75, 3.05) is 45.1 Å². The van der Waals surface area contributed by atoms with Crippen molar-refractivity contribution >= 4 is 11.7 Å². The highest BCUT2D eigenvalue weighted by molar-refractivity contribution is 5.93. The Bertz CT molecular complexity index is 731. The van der Waals surface area contributed by atoms with Crippen LogP contribution in [0, 0.1) is 5.82 Å². The molecule has 1 fully saturated rings. The van der Waals surface area contributed by atoms with Crippen molar-refractivity contribution < 1.29 is 9.18 Å². The highest BCUT2D eigenvalue weighted by atomic mass is 19.1. The van der Waals surface area contributed by atoms with Gasteiger partial charge >= 0.3 is 0 Å². The minimum absolute atomic E-state index is 0.0762. The molecule has 2 aromatic rings. The van der Waals surface area contributed by atoms with Crippen LogP contribution in [0.4, 0.5) is 10.2 Å². The maximum atomic E-state index is 13.6. The first-order chi connectivity index (χ1) is 12.1. The Kier molecular flexibility index (Phi) is 5.55. The molecule has 0 atom stereocenters. The van der Waals surface area contributed by atoms with Gasteiger partial charge in [-0.25, -0.2) is 14.4 Å². The van der Waals surface area contributed by atoms with Crippen LogP contribution in [0.25, 0.3) is 0 Å². The van der Waals surface area contributed by atoms with Gasteiger partial charge in [0.1, 0.15) is 23.7 Å². The topological polar surface area (TPSA) is 61.4 Å². The Morgan fingerprint density at radius 3 is 2.72 bits per heavy atom. The van der Waals surface area contributed by atoms with Crippen molar-refractivity contribution in [3.63, 3.8) is 0 Å². The second-order valence-corrected chi connectivity index (χ2v) is 6.15. The molecule has 0 bridgehead atoms. The molecule has 0 radical (unpaired) electrons. The van der Waals surface area contributed by atoms with E-state index in [-0.39, 0.29) is 11.7 Å². The van der Waals surface area contributed by atoms with Gasteiger partial charge in [0.2, 0.25) is 0 Å². The monoisotopic (exact) mass is 343 g/mol. The number of rotatable bonds is 5. The molecule has 1 aromatic heterocycles. The van der Waals surface area contributed by atoms with Gasteiger partial charge in [-0.1, -0.05) is 18.2 Å². The number of halogens is 1. The van der Waals surface area contributed by atoms with Gasteiger partial charge in [0.15, 0.2) is 0 Å². The normalized spacial score (nSPS) is 15.2. The number of hydrogen-bond acceptors (Lipinski definition) is 5. The molecule has 2 heterocycles. The molecule has 0 aliphatic carbocycles. The van der Waals surface area contributed by atoms with Crippen LogP contribution in [0.1, 0.15) is 16.1 Å². The van der Waals surface area contributed by atoms with E-state index in [4.69, 9.17) is 0 Å². The van der Waals surface area contributed by atoms with Gasteiger partial charge < -0.3 is 15.1 Å². The van der Waals surface area contributed by atoms with E-state index in [1.54, 1.807) is 18.2 Å². The Morgan fingerprint density at radius 1 is 1.20 bits per heavy atom. The Balaban J connectivity index is 1.58.